The number of hydrogen-bond donors (Lipinski definition) is 0. The van der Waals surface area contributed by atoms with Gasteiger partial charge < -0.3 is 52.1 Å². The molecule has 5 rings (SSSR count). The summed E-state index contributed by atoms with van der Waals surface area (Å²) in [4.78, 5) is 11.9. The van der Waals surface area contributed by atoms with E-state index in [1.807, 2.05) is 6.92 Å². The minimum absolute atomic E-state index is 0.0850. The van der Waals surface area contributed by atoms with Gasteiger partial charge in [-0.25, -0.2) is 4.79 Å². The average molecular weight is 589 g/mol. The number of rotatable bonds is 15. The van der Waals surface area contributed by atoms with E-state index in [-0.39, 0.29) is 32.0 Å². The van der Waals surface area contributed by atoms with Gasteiger partial charge in [-0.2, -0.15) is 0 Å². The molecule has 0 N–H and O–H groups in total. The third kappa shape index (κ3) is 8.37. The van der Waals surface area contributed by atoms with Crippen molar-refractivity contribution in [2.45, 2.75) is 120 Å². The largest absolute Gasteiger partial charge is 0.462 e. The zero-order chi connectivity index (χ0) is 28.5. The van der Waals surface area contributed by atoms with Crippen molar-refractivity contribution in [3.05, 3.63) is 0 Å². The Morgan fingerprint density at radius 3 is 2.27 bits per heavy atom. The number of carbonyl (C=O) groups is 1. The van der Waals surface area contributed by atoms with Crippen LogP contribution in [0.1, 0.15) is 71.1 Å². The van der Waals surface area contributed by atoms with Crippen LogP contribution in [0.2, 0.25) is 0 Å². The van der Waals surface area contributed by atoms with Crippen LogP contribution < -0.4 is 0 Å². The smallest absolute Gasteiger partial charge is 0.332 e. The first-order valence-corrected chi connectivity index (χ1v) is 15.4. The summed E-state index contributed by atoms with van der Waals surface area (Å²) >= 11 is 0. The molecule has 2 spiro atoms. The van der Waals surface area contributed by atoms with E-state index >= 15 is 0 Å². The van der Waals surface area contributed by atoms with Crippen molar-refractivity contribution in [1.82, 2.24) is 0 Å². The molecule has 6 atom stereocenters. The molecule has 0 amide bonds. The van der Waals surface area contributed by atoms with Gasteiger partial charge in [0.05, 0.1) is 39.6 Å². The van der Waals surface area contributed by atoms with Gasteiger partial charge in [0.25, 0.3) is 0 Å². The number of hydrogen-bond acceptors (Lipinski definition) is 12. The van der Waals surface area contributed by atoms with Crippen LogP contribution in [0.15, 0.2) is 0 Å². The second kappa shape index (κ2) is 15.2. The Labute approximate surface area is 242 Å². The van der Waals surface area contributed by atoms with Crippen LogP contribution in [0, 0.1) is 0 Å². The predicted octanol–water partition coefficient (Wildman–Crippen LogP) is 2.83. The fraction of sp³-hybridized carbons (Fsp3) is 0.966. The van der Waals surface area contributed by atoms with Gasteiger partial charge in [-0.1, -0.05) is 12.8 Å². The number of ether oxygens (including phenoxy) is 11. The van der Waals surface area contributed by atoms with E-state index in [0.717, 1.165) is 51.4 Å². The highest BCUT2D eigenvalue weighted by Crippen LogP contribution is 2.48. The minimum atomic E-state index is -0.603. The van der Waals surface area contributed by atoms with Crippen LogP contribution in [0.25, 0.3) is 0 Å². The van der Waals surface area contributed by atoms with Crippen LogP contribution in [0.5, 0.6) is 0 Å². The molecule has 12 nitrogen and oxygen atoms in total. The van der Waals surface area contributed by atoms with E-state index in [1.165, 1.54) is 12.8 Å². The maximum atomic E-state index is 11.9. The maximum Gasteiger partial charge on any atom is 0.332 e. The summed E-state index contributed by atoms with van der Waals surface area (Å²) < 4.78 is 65.0. The standard InChI is InChI=1S/C29H48O12/c1-21(34-17-18-35-23(30)20-33-16-15-32-14-13-31-2)37-25-24(22-19-36-28(39-22)9-5-3-6-10-28)38-27-26(25)40-29(41-27)11-7-4-8-12-29/h21-22,24-27H,3-20H2,1-2H3/t21?,22-,24+,25-,26+,27+/m0/s1. The fourth-order valence-corrected chi connectivity index (χ4v) is 6.42. The average Bonchev–Trinajstić information content (AvgIpc) is 3.63. The number of esters is 1. The molecule has 2 saturated carbocycles. The molecule has 0 aromatic carbocycles. The molecule has 41 heavy (non-hydrogen) atoms. The van der Waals surface area contributed by atoms with Gasteiger partial charge in [0, 0.05) is 32.8 Å². The second-order valence-electron chi connectivity index (χ2n) is 11.5. The van der Waals surface area contributed by atoms with E-state index in [4.69, 9.17) is 52.1 Å². The number of methoxy groups -OCH3 is 1. The first kappa shape index (κ1) is 31.5. The van der Waals surface area contributed by atoms with Gasteiger partial charge in [0.15, 0.2) is 24.2 Å². The summed E-state index contributed by atoms with van der Waals surface area (Å²) in [5.74, 6) is -1.59. The SMILES string of the molecule is COCCOCCOCC(=O)OCCOC(C)O[C@@H]1[C@H]2OC3(CCCCC3)O[C@H]2O[C@@H]1[C@@H]1COC2(CCCCC2)O1. The highest BCUT2D eigenvalue weighted by Gasteiger charge is 2.62. The van der Waals surface area contributed by atoms with Gasteiger partial charge in [-0.05, 0) is 32.6 Å². The summed E-state index contributed by atoms with van der Waals surface area (Å²) in [5.41, 5.74) is 0. The van der Waals surface area contributed by atoms with Crippen molar-refractivity contribution in [3.8, 4) is 0 Å². The lowest BCUT2D eigenvalue weighted by atomic mass is 9.94. The lowest BCUT2D eigenvalue weighted by Crippen LogP contribution is -2.47. The highest BCUT2D eigenvalue weighted by molar-refractivity contribution is 5.70. The van der Waals surface area contributed by atoms with Crippen LogP contribution in [0.3, 0.4) is 0 Å². The predicted molar refractivity (Wildman–Crippen MR) is 142 cm³/mol. The third-order valence-corrected chi connectivity index (χ3v) is 8.43. The van der Waals surface area contributed by atoms with Gasteiger partial charge in [-0.15, -0.1) is 0 Å². The molecule has 2 aliphatic carbocycles. The second-order valence-corrected chi connectivity index (χ2v) is 11.5. The molecule has 0 aromatic heterocycles. The van der Waals surface area contributed by atoms with Gasteiger partial charge in [0.2, 0.25) is 0 Å². The van der Waals surface area contributed by atoms with Crippen LogP contribution in [-0.4, -0.2) is 115 Å². The van der Waals surface area contributed by atoms with E-state index in [9.17, 15) is 4.79 Å². The Kier molecular flexibility index (Phi) is 11.7. The summed E-state index contributed by atoms with van der Waals surface area (Å²) in [6.45, 7) is 4.07. The molecular weight excluding hydrogens is 540 g/mol. The number of carbonyl (C=O) groups excluding carboxylic acids is 1. The zero-order valence-electron chi connectivity index (χ0n) is 24.6. The highest BCUT2D eigenvalue weighted by atomic mass is 16.9. The first-order chi connectivity index (χ1) is 20.0. The monoisotopic (exact) mass is 588 g/mol. The molecule has 0 bridgehead atoms. The summed E-state index contributed by atoms with van der Waals surface area (Å²) in [6.07, 6.45) is 7.60. The Morgan fingerprint density at radius 1 is 0.805 bits per heavy atom. The summed E-state index contributed by atoms with van der Waals surface area (Å²) in [5, 5.41) is 0. The van der Waals surface area contributed by atoms with E-state index in [2.05, 4.69) is 0 Å². The van der Waals surface area contributed by atoms with Gasteiger partial charge in [0.1, 0.15) is 37.6 Å². The molecule has 0 aromatic rings. The van der Waals surface area contributed by atoms with E-state index < -0.39 is 42.3 Å². The third-order valence-electron chi connectivity index (χ3n) is 8.43. The lowest BCUT2D eigenvalue weighted by molar-refractivity contribution is -0.274. The minimum Gasteiger partial charge on any atom is -0.462 e. The van der Waals surface area contributed by atoms with Crippen molar-refractivity contribution in [2.75, 3.05) is 60.0 Å². The molecule has 12 heteroatoms. The molecule has 236 valence electrons. The Balaban J connectivity index is 1.07. The molecule has 1 unspecified atom stereocenters. The first-order valence-electron chi connectivity index (χ1n) is 15.4. The van der Waals surface area contributed by atoms with Crippen LogP contribution in [0.4, 0.5) is 0 Å². The fourth-order valence-electron chi connectivity index (χ4n) is 6.42. The Morgan fingerprint density at radius 2 is 1.51 bits per heavy atom. The Bertz CT molecular complexity index is 799. The quantitative estimate of drug-likeness (QED) is 0.159. The Hall–Kier alpha value is -0.930. The van der Waals surface area contributed by atoms with Crippen molar-refractivity contribution in [2.24, 2.45) is 0 Å². The zero-order valence-corrected chi connectivity index (χ0v) is 24.6. The molecule has 5 aliphatic rings. The molecule has 5 fully saturated rings. The maximum absolute atomic E-state index is 11.9. The van der Waals surface area contributed by atoms with Crippen LogP contribution >= 0.6 is 0 Å². The van der Waals surface area contributed by atoms with Crippen LogP contribution in [-0.2, 0) is 56.9 Å². The molecule has 3 heterocycles. The molecular formula is C29H48O12. The molecule has 0 radical (unpaired) electrons. The number of fused-ring (bicyclic) bond motifs is 1. The van der Waals surface area contributed by atoms with E-state index in [1.54, 1.807) is 7.11 Å². The molecule has 3 aliphatic heterocycles. The summed E-state index contributed by atoms with van der Waals surface area (Å²) in [7, 11) is 1.61. The van der Waals surface area contributed by atoms with Crippen molar-refractivity contribution in [1.29, 1.82) is 0 Å². The van der Waals surface area contributed by atoms with Gasteiger partial charge >= 0.3 is 5.97 Å². The van der Waals surface area contributed by atoms with Crippen molar-refractivity contribution < 1.29 is 56.9 Å². The van der Waals surface area contributed by atoms with Crippen molar-refractivity contribution >= 4 is 5.97 Å². The normalized spacial score (nSPS) is 32.9. The summed E-state index contributed by atoms with van der Waals surface area (Å²) in [6, 6.07) is 0. The topological polar surface area (TPSA) is 119 Å². The van der Waals surface area contributed by atoms with Crippen molar-refractivity contribution in [3.63, 3.8) is 0 Å². The van der Waals surface area contributed by atoms with E-state index in [0.29, 0.717) is 33.0 Å². The van der Waals surface area contributed by atoms with Gasteiger partial charge in [-0.3, -0.25) is 0 Å². The molecule has 3 saturated heterocycles. The lowest BCUT2D eigenvalue weighted by Gasteiger charge is -2.36.